The van der Waals surface area contributed by atoms with Crippen molar-refractivity contribution in [1.82, 2.24) is 63.8 Å². The van der Waals surface area contributed by atoms with E-state index in [4.69, 9.17) is 14.2 Å². The average molecular weight is 1660 g/mol. The van der Waals surface area contributed by atoms with Crippen molar-refractivity contribution in [2.45, 2.75) is 425 Å². The average Bonchev–Trinajstić information content (AvgIpc) is 0.876. The Morgan fingerprint density at radius 1 is 0.293 bits per heavy atom. The van der Waals surface area contributed by atoms with Crippen LogP contribution in [0.1, 0.15) is 380 Å². The molecule has 116 heavy (non-hydrogen) atoms. The first kappa shape index (κ1) is 191. The van der Waals surface area contributed by atoms with E-state index in [0.717, 1.165) is 39.1 Å². The molecule has 8 fully saturated rings. The standard InChI is InChI=1S/C7H13NO.C6H10N2O2.3C6H12N2O.3C6H11NO2.16C2H6.3CH4.8B/c1-7(2)5-6(9)3-4-8-7;1-6(2)5(10)8-4(9)3-7-6;1-6(2)5(9)7-3-4-8-6;1-6(2)3-4-7-5(9)8-6;1-6(2)7-4-3-5(9)8-6;1-6(2)4-9-3-5(8)7-6;2*1-6(2)5(8)7-3-4-9-6;16*1-2;;;;;;;;;;;/h8H,3-5H2,1-2H3;7H,3H2,1-2H3,(H,8,9,10);8H,3-4H2,1-2H3,(H,7,9);3-4H2,1-2H3,(H2,7,8,9);7H,3-4H2,1-2H3,(H,8,9);3*3-4H2,1-2H3,(H,7,8);16*1-2H3;3*1H4;;;;;;;;. The van der Waals surface area contributed by atoms with Crippen LogP contribution in [-0.2, 0) is 52.6 Å². The Balaban J connectivity index is -0.0000000293. The predicted octanol–water partition coefficient (Wildman–Crippen LogP) is 14.5. The third kappa shape index (κ3) is 125. The molecule has 692 valence electrons. The predicted molar refractivity (Wildman–Crippen MR) is 524 cm³/mol. The number of hydrogen-bond donors (Lipinski definition) is 12. The monoisotopic (exact) mass is 1660 g/mol. The van der Waals surface area contributed by atoms with Gasteiger partial charge in [-0.1, -0.05) is 244 Å². The van der Waals surface area contributed by atoms with Gasteiger partial charge in [0.05, 0.1) is 48.6 Å². The number of nitrogens with one attached hydrogen (secondary N) is 12. The minimum atomic E-state index is -0.613. The van der Waals surface area contributed by atoms with Crippen molar-refractivity contribution >= 4 is 120 Å². The Morgan fingerprint density at radius 3 is 0.819 bits per heavy atom. The second-order valence-electron chi connectivity index (χ2n) is 23.0. The van der Waals surface area contributed by atoms with E-state index < -0.39 is 16.7 Å². The number of urea groups is 1. The van der Waals surface area contributed by atoms with Crippen LogP contribution in [0.2, 0.25) is 0 Å². The van der Waals surface area contributed by atoms with Gasteiger partial charge in [0.15, 0.2) is 0 Å². The fourth-order valence-electron chi connectivity index (χ4n) is 6.94. The molecule has 9 amide bonds. The van der Waals surface area contributed by atoms with Crippen LogP contribution in [-0.4, -0.2) is 244 Å². The maximum Gasteiger partial charge on any atom is 0.315 e. The maximum atomic E-state index is 10.9. The number of morpholine rings is 3. The molecule has 0 aromatic rings. The van der Waals surface area contributed by atoms with Gasteiger partial charge in [0.2, 0.25) is 29.5 Å². The molecular weight excluding hydrogens is 1460 g/mol. The fourth-order valence-corrected chi connectivity index (χ4v) is 6.94. The summed E-state index contributed by atoms with van der Waals surface area (Å²) in [5.74, 6) is 0.0353. The summed E-state index contributed by atoms with van der Waals surface area (Å²) in [6.07, 6.45) is 3.00. The van der Waals surface area contributed by atoms with E-state index in [9.17, 15) is 43.2 Å². The third-order valence-electron chi connectivity index (χ3n) is 11.5. The van der Waals surface area contributed by atoms with Crippen molar-refractivity contribution in [3.63, 3.8) is 0 Å². The van der Waals surface area contributed by atoms with Crippen LogP contribution in [0.5, 0.6) is 0 Å². The van der Waals surface area contributed by atoms with Gasteiger partial charge in [-0.05, 0) is 117 Å². The minimum Gasteiger partial charge on any atom is -0.369 e. The summed E-state index contributed by atoms with van der Waals surface area (Å²) in [6, 6.07) is -0.0498. The lowest BCUT2D eigenvalue weighted by molar-refractivity contribution is -0.149. The van der Waals surface area contributed by atoms with Crippen molar-refractivity contribution in [2.24, 2.45) is 0 Å². The summed E-state index contributed by atoms with van der Waals surface area (Å²) in [5, 5.41) is 33.8. The summed E-state index contributed by atoms with van der Waals surface area (Å²) >= 11 is 0. The summed E-state index contributed by atoms with van der Waals surface area (Å²) in [7, 11) is 0. The number of carbonyl (C=O) groups excluding carboxylic acids is 9. The first-order valence-electron chi connectivity index (χ1n) is 41.1. The Bertz CT molecular complexity index is 1750. The van der Waals surface area contributed by atoms with Crippen LogP contribution in [0.3, 0.4) is 0 Å². The van der Waals surface area contributed by atoms with Crippen LogP contribution in [0, 0.1) is 0 Å². The van der Waals surface area contributed by atoms with Crippen molar-refractivity contribution in [3.05, 3.63) is 0 Å². The Hall–Kier alpha value is -4.33. The molecule has 24 radical (unpaired) electrons. The first-order valence-corrected chi connectivity index (χ1v) is 41.1. The number of hydrogen-bond acceptors (Lipinski definition) is 16. The molecule has 0 bridgehead atoms. The quantitative estimate of drug-likeness (QED) is 0.0792. The number of imide groups is 1. The second kappa shape index (κ2) is 129. The molecular formula is C84H200B8N12O12. The smallest absolute Gasteiger partial charge is 0.315 e. The molecule has 24 nitrogen and oxygen atoms in total. The van der Waals surface area contributed by atoms with Crippen LogP contribution < -0.4 is 63.8 Å². The van der Waals surface area contributed by atoms with Crippen LogP contribution in [0.25, 0.3) is 0 Å². The van der Waals surface area contributed by atoms with E-state index >= 15 is 0 Å². The van der Waals surface area contributed by atoms with Crippen molar-refractivity contribution < 1.29 is 57.4 Å². The van der Waals surface area contributed by atoms with Crippen molar-refractivity contribution in [3.8, 4) is 0 Å². The van der Waals surface area contributed by atoms with E-state index in [1.165, 1.54) is 0 Å². The molecule has 0 unspecified atom stereocenters. The molecule has 0 aromatic carbocycles. The van der Waals surface area contributed by atoms with Crippen LogP contribution in [0.4, 0.5) is 4.79 Å². The second-order valence-corrected chi connectivity index (χ2v) is 23.0. The number of rotatable bonds is 0. The van der Waals surface area contributed by atoms with E-state index in [1.807, 2.05) is 277 Å². The first-order chi connectivity index (χ1) is 49.3. The van der Waals surface area contributed by atoms with Gasteiger partial charge in [0.1, 0.15) is 23.6 Å². The van der Waals surface area contributed by atoms with Crippen LogP contribution >= 0.6 is 0 Å². The molecule has 8 aliphatic rings. The van der Waals surface area contributed by atoms with E-state index in [-0.39, 0.29) is 178 Å². The Morgan fingerprint density at radius 2 is 0.629 bits per heavy atom. The minimum absolute atomic E-state index is 0. The number of ketones is 1. The van der Waals surface area contributed by atoms with Gasteiger partial charge in [-0.2, -0.15) is 0 Å². The highest BCUT2D eigenvalue weighted by molar-refractivity contribution is 6.03. The summed E-state index contributed by atoms with van der Waals surface area (Å²) in [5.41, 5.74) is -2.52. The van der Waals surface area contributed by atoms with Gasteiger partial charge in [0, 0.05) is 143 Å². The van der Waals surface area contributed by atoms with Gasteiger partial charge in [0.25, 0.3) is 11.8 Å². The molecule has 8 aliphatic heterocycles. The van der Waals surface area contributed by atoms with E-state index in [1.54, 1.807) is 41.5 Å². The summed E-state index contributed by atoms with van der Waals surface area (Å²) < 4.78 is 15.3. The number of amides is 9. The highest BCUT2D eigenvalue weighted by atomic mass is 16.5. The van der Waals surface area contributed by atoms with Crippen LogP contribution in [0.15, 0.2) is 0 Å². The zero-order chi connectivity index (χ0) is 88.1. The summed E-state index contributed by atoms with van der Waals surface area (Å²) in [4.78, 5) is 97.1. The molecule has 8 saturated heterocycles. The lowest BCUT2D eigenvalue weighted by atomic mass is 9.92. The SMILES string of the molecule is C.C.C.CC.CC.CC.CC.CC.CC.CC.CC.CC.CC.CC.CC.CC.CC.CC.CC.CC1(C)CC(=O)CCN1.CC1(C)CCNC(=O)N1.CC1(C)COCC(=O)N1.CC1(C)NCC(=O)NC1=O.CC1(C)NCCC(=O)N1.CC1(C)NCCNC1=O.CC1(C)OCCNC1=O.CC1(C)OCCNC1=O.[B].[B].[B].[B].[B].[B].[B].[B]. The van der Waals surface area contributed by atoms with Gasteiger partial charge in [-0.25, -0.2) is 4.79 Å². The van der Waals surface area contributed by atoms with Gasteiger partial charge >= 0.3 is 6.03 Å². The molecule has 8 rings (SSSR count). The summed E-state index contributed by atoms with van der Waals surface area (Å²) in [6.45, 7) is 102. The molecule has 0 aliphatic carbocycles. The van der Waals surface area contributed by atoms with Crippen molar-refractivity contribution in [1.29, 1.82) is 0 Å². The molecule has 0 aromatic heterocycles. The van der Waals surface area contributed by atoms with E-state index in [0.29, 0.717) is 58.0 Å². The third-order valence-corrected chi connectivity index (χ3v) is 11.5. The van der Waals surface area contributed by atoms with Crippen molar-refractivity contribution in [2.75, 3.05) is 78.8 Å². The van der Waals surface area contributed by atoms with Gasteiger partial charge in [-0.15, -0.1) is 0 Å². The fraction of sp³-hybridized carbons (Fsp3) is 0.893. The Kier molecular flexibility index (Phi) is 212. The lowest BCUT2D eigenvalue weighted by Gasteiger charge is -2.31. The van der Waals surface area contributed by atoms with Gasteiger partial charge < -0.3 is 62.1 Å². The molecule has 0 spiro atoms. The zero-order valence-corrected chi connectivity index (χ0v) is 83.3. The number of piperidine rings is 1. The maximum absolute atomic E-state index is 10.9. The lowest BCUT2D eigenvalue weighted by Crippen LogP contribution is -2.62. The molecule has 32 heteroatoms. The molecule has 12 N–H and O–H groups in total. The molecule has 8 heterocycles. The largest absolute Gasteiger partial charge is 0.369 e. The Labute approximate surface area is 741 Å². The topological polar surface area (TPSA) is 326 Å². The number of Topliss-reactive ketones (excluding diaryl/α,β-unsaturated/α-hetero) is 1. The van der Waals surface area contributed by atoms with Gasteiger partial charge in [-0.3, -0.25) is 54.3 Å². The highest BCUT2D eigenvalue weighted by Crippen LogP contribution is 2.15. The molecule has 0 saturated carbocycles. The number of piperazine rings is 2. The zero-order valence-electron chi connectivity index (χ0n) is 83.3. The number of carbonyl (C=O) groups is 9. The molecule has 0 atom stereocenters. The highest BCUT2D eigenvalue weighted by Gasteiger charge is 2.34. The number of ether oxygens (including phenoxy) is 3. The normalized spacial score (nSPS) is 16.7. The van der Waals surface area contributed by atoms with E-state index in [2.05, 4.69) is 77.6 Å².